The Hall–Kier alpha value is -1.13. The molecule has 0 fully saturated rings. The van der Waals surface area contributed by atoms with Gasteiger partial charge in [0.15, 0.2) is 11.6 Å². The average Bonchev–Trinajstić information content (AvgIpc) is 2.51. The number of methoxy groups -OCH3 is 2. The van der Waals surface area contributed by atoms with Crippen LogP contribution in [0.3, 0.4) is 0 Å². The standard InChI is InChI=1S/C17H28FNO2/c1-5-8-15(20-3)14(19-11-6-2)12-13-9-7-10-16(21-4)17(13)18/h7,9-10,14-15,19H,5-6,8,11-12H2,1-4H3. The van der Waals surface area contributed by atoms with E-state index < -0.39 is 0 Å². The van der Waals surface area contributed by atoms with Gasteiger partial charge in [-0.25, -0.2) is 4.39 Å². The zero-order valence-electron chi connectivity index (χ0n) is 13.6. The van der Waals surface area contributed by atoms with Crippen molar-refractivity contribution >= 4 is 0 Å². The van der Waals surface area contributed by atoms with Crippen molar-refractivity contribution in [2.24, 2.45) is 0 Å². The van der Waals surface area contributed by atoms with Crippen LogP contribution in [0.15, 0.2) is 18.2 Å². The van der Waals surface area contributed by atoms with E-state index in [1.54, 1.807) is 13.2 Å². The fourth-order valence-corrected chi connectivity index (χ4v) is 2.54. The second-order valence-electron chi connectivity index (χ2n) is 5.26. The molecule has 3 nitrogen and oxygen atoms in total. The molecule has 1 N–H and O–H groups in total. The molecule has 0 saturated carbocycles. The molecule has 0 aliphatic rings. The Balaban J connectivity index is 2.89. The Morgan fingerprint density at radius 3 is 2.52 bits per heavy atom. The van der Waals surface area contributed by atoms with Crippen molar-refractivity contribution in [2.75, 3.05) is 20.8 Å². The van der Waals surface area contributed by atoms with Gasteiger partial charge in [-0.15, -0.1) is 0 Å². The number of rotatable bonds is 10. The molecule has 0 aromatic heterocycles. The lowest BCUT2D eigenvalue weighted by Crippen LogP contribution is -2.43. The maximum Gasteiger partial charge on any atom is 0.168 e. The molecule has 0 spiro atoms. The van der Waals surface area contributed by atoms with Gasteiger partial charge in [0.05, 0.1) is 13.2 Å². The third-order valence-electron chi connectivity index (χ3n) is 3.68. The largest absolute Gasteiger partial charge is 0.494 e. The van der Waals surface area contributed by atoms with Gasteiger partial charge in [-0.1, -0.05) is 32.4 Å². The molecule has 1 aromatic rings. The smallest absolute Gasteiger partial charge is 0.168 e. The first-order chi connectivity index (χ1) is 10.2. The van der Waals surface area contributed by atoms with Gasteiger partial charge in [-0.05, 0) is 37.4 Å². The van der Waals surface area contributed by atoms with E-state index in [1.807, 2.05) is 12.1 Å². The Morgan fingerprint density at radius 1 is 1.19 bits per heavy atom. The minimum absolute atomic E-state index is 0.0900. The highest BCUT2D eigenvalue weighted by Gasteiger charge is 2.22. The van der Waals surface area contributed by atoms with Crippen molar-refractivity contribution in [2.45, 2.75) is 51.7 Å². The summed E-state index contributed by atoms with van der Waals surface area (Å²) in [6, 6.07) is 5.40. The summed E-state index contributed by atoms with van der Waals surface area (Å²) in [5, 5.41) is 3.49. The van der Waals surface area contributed by atoms with Crippen molar-refractivity contribution in [1.29, 1.82) is 0 Å². The Kier molecular flexibility index (Phi) is 8.31. The van der Waals surface area contributed by atoms with Crippen molar-refractivity contribution in [3.05, 3.63) is 29.6 Å². The molecule has 4 heteroatoms. The van der Waals surface area contributed by atoms with Crippen molar-refractivity contribution in [1.82, 2.24) is 5.32 Å². The van der Waals surface area contributed by atoms with Crippen molar-refractivity contribution in [3.63, 3.8) is 0 Å². The van der Waals surface area contributed by atoms with E-state index in [4.69, 9.17) is 9.47 Å². The van der Waals surface area contributed by atoms with Crippen LogP contribution in [0.4, 0.5) is 4.39 Å². The van der Waals surface area contributed by atoms with Crippen molar-refractivity contribution in [3.8, 4) is 5.75 Å². The number of halogens is 1. The van der Waals surface area contributed by atoms with E-state index >= 15 is 0 Å². The molecule has 120 valence electrons. The molecule has 2 atom stereocenters. The predicted octanol–water partition coefficient (Wildman–Crippen LogP) is 3.56. The fraction of sp³-hybridized carbons (Fsp3) is 0.647. The van der Waals surface area contributed by atoms with Gasteiger partial charge in [-0.2, -0.15) is 0 Å². The van der Waals surface area contributed by atoms with Gasteiger partial charge >= 0.3 is 0 Å². The summed E-state index contributed by atoms with van der Waals surface area (Å²) >= 11 is 0. The highest BCUT2D eigenvalue weighted by molar-refractivity contribution is 5.31. The topological polar surface area (TPSA) is 30.5 Å². The summed E-state index contributed by atoms with van der Waals surface area (Å²) in [6.45, 7) is 5.16. The number of nitrogens with one attached hydrogen (secondary N) is 1. The molecule has 0 saturated heterocycles. The lowest BCUT2D eigenvalue weighted by molar-refractivity contribution is 0.0606. The summed E-state index contributed by atoms with van der Waals surface area (Å²) in [5.74, 6) is 0.0286. The number of hydrogen-bond donors (Lipinski definition) is 1. The van der Waals surface area contributed by atoms with Crippen LogP contribution in [0.5, 0.6) is 5.75 Å². The van der Waals surface area contributed by atoms with E-state index in [-0.39, 0.29) is 18.0 Å². The third-order valence-corrected chi connectivity index (χ3v) is 3.68. The molecule has 0 heterocycles. The molecule has 2 unspecified atom stereocenters. The van der Waals surface area contributed by atoms with Gasteiger partial charge in [0.2, 0.25) is 0 Å². The Labute approximate surface area is 127 Å². The van der Waals surface area contributed by atoms with Crippen LogP contribution in [-0.2, 0) is 11.2 Å². The lowest BCUT2D eigenvalue weighted by Gasteiger charge is -2.27. The molecule has 1 rings (SSSR count). The van der Waals surface area contributed by atoms with E-state index in [1.165, 1.54) is 7.11 Å². The lowest BCUT2D eigenvalue weighted by atomic mass is 9.97. The molecular formula is C17H28FNO2. The maximum atomic E-state index is 14.3. The molecule has 1 aromatic carbocycles. The maximum absolute atomic E-state index is 14.3. The Bertz CT molecular complexity index is 412. The highest BCUT2D eigenvalue weighted by atomic mass is 19.1. The predicted molar refractivity (Wildman–Crippen MR) is 84.4 cm³/mol. The fourth-order valence-electron chi connectivity index (χ4n) is 2.54. The number of ether oxygens (including phenoxy) is 2. The Morgan fingerprint density at radius 2 is 1.95 bits per heavy atom. The van der Waals surface area contributed by atoms with Crippen LogP contribution < -0.4 is 10.1 Å². The van der Waals surface area contributed by atoms with Crippen LogP contribution in [0.25, 0.3) is 0 Å². The minimum atomic E-state index is -0.269. The SMILES string of the molecule is CCCNC(Cc1cccc(OC)c1F)C(CCC)OC. The first kappa shape index (κ1) is 17.9. The van der Waals surface area contributed by atoms with Crippen LogP contribution in [-0.4, -0.2) is 32.9 Å². The summed E-state index contributed by atoms with van der Waals surface area (Å²) in [6.07, 6.45) is 3.74. The monoisotopic (exact) mass is 297 g/mol. The van der Waals surface area contributed by atoms with E-state index in [0.29, 0.717) is 17.7 Å². The van der Waals surface area contributed by atoms with E-state index in [0.717, 1.165) is 25.8 Å². The molecule has 21 heavy (non-hydrogen) atoms. The van der Waals surface area contributed by atoms with Crippen molar-refractivity contribution < 1.29 is 13.9 Å². The van der Waals surface area contributed by atoms with Gasteiger partial charge in [0.25, 0.3) is 0 Å². The van der Waals surface area contributed by atoms with Gasteiger partial charge in [0, 0.05) is 13.2 Å². The van der Waals surface area contributed by atoms with Gasteiger partial charge < -0.3 is 14.8 Å². The van der Waals surface area contributed by atoms with Gasteiger partial charge in [0.1, 0.15) is 0 Å². The molecule has 0 bridgehead atoms. The number of hydrogen-bond acceptors (Lipinski definition) is 3. The van der Waals surface area contributed by atoms with Crippen LogP contribution in [0, 0.1) is 5.82 Å². The summed E-state index contributed by atoms with van der Waals surface area (Å²) in [7, 11) is 3.22. The molecule has 0 amide bonds. The van der Waals surface area contributed by atoms with E-state index in [2.05, 4.69) is 19.2 Å². The van der Waals surface area contributed by atoms with Crippen LogP contribution in [0.1, 0.15) is 38.7 Å². The third kappa shape index (κ3) is 5.29. The van der Waals surface area contributed by atoms with Crippen LogP contribution >= 0.6 is 0 Å². The summed E-state index contributed by atoms with van der Waals surface area (Å²) in [5.41, 5.74) is 0.668. The first-order valence-electron chi connectivity index (χ1n) is 7.75. The first-order valence-corrected chi connectivity index (χ1v) is 7.75. The minimum Gasteiger partial charge on any atom is -0.494 e. The quantitative estimate of drug-likeness (QED) is 0.716. The van der Waals surface area contributed by atoms with Crippen LogP contribution in [0.2, 0.25) is 0 Å². The highest BCUT2D eigenvalue weighted by Crippen LogP contribution is 2.22. The summed E-state index contributed by atoms with van der Waals surface area (Å²) < 4.78 is 25.0. The molecule has 0 aliphatic carbocycles. The normalized spacial score (nSPS) is 14.0. The molecular weight excluding hydrogens is 269 g/mol. The molecule has 0 aliphatic heterocycles. The zero-order chi connectivity index (χ0) is 15.7. The summed E-state index contributed by atoms with van der Waals surface area (Å²) in [4.78, 5) is 0. The number of benzene rings is 1. The van der Waals surface area contributed by atoms with Gasteiger partial charge in [-0.3, -0.25) is 0 Å². The second-order valence-corrected chi connectivity index (χ2v) is 5.26. The van der Waals surface area contributed by atoms with E-state index in [9.17, 15) is 4.39 Å². The molecule has 0 radical (unpaired) electrons. The average molecular weight is 297 g/mol. The zero-order valence-corrected chi connectivity index (χ0v) is 13.6. The second kappa shape index (κ2) is 9.74.